The zero-order valence-electron chi connectivity index (χ0n) is 18.9. The predicted molar refractivity (Wildman–Crippen MR) is 118 cm³/mol. The molecule has 0 unspecified atom stereocenters. The molecule has 1 saturated heterocycles. The fourth-order valence-corrected chi connectivity index (χ4v) is 3.54. The minimum atomic E-state index is -0.612. The Morgan fingerprint density at radius 1 is 1.20 bits per heavy atom. The van der Waals surface area contributed by atoms with Crippen molar-refractivity contribution in [2.45, 2.75) is 46.8 Å². The zero-order chi connectivity index (χ0) is 22.1. The van der Waals surface area contributed by atoms with Gasteiger partial charge in [0.05, 0.1) is 19.3 Å². The van der Waals surface area contributed by atoms with Crippen LogP contribution in [0.2, 0.25) is 0 Å². The lowest BCUT2D eigenvalue weighted by Crippen LogP contribution is -2.53. The lowest BCUT2D eigenvalue weighted by molar-refractivity contribution is -0.125. The Morgan fingerprint density at radius 3 is 2.50 bits per heavy atom. The van der Waals surface area contributed by atoms with Gasteiger partial charge in [0.25, 0.3) is 5.91 Å². The number of hydrogen-bond donors (Lipinski definition) is 2. The molecule has 0 bridgehead atoms. The first-order valence-corrected chi connectivity index (χ1v) is 11.0. The van der Waals surface area contributed by atoms with Crippen molar-refractivity contribution in [1.29, 1.82) is 0 Å². The Balaban J connectivity index is 1.88. The molecule has 2 rings (SSSR count). The molecule has 1 aliphatic heterocycles. The minimum absolute atomic E-state index is 0.0314. The number of nitrogens with zero attached hydrogens (tertiary/aromatic N) is 1. The summed E-state index contributed by atoms with van der Waals surface area (Å²) in [7, 11) is 0. The first kappa shape index (κ1) is 24.2. The van der Waals surface area contributed by atoms with E-state index in [0.29, 0.717) is 37.0 Å². The fourth-order valence-electron chi connectivity index (χ4n) is 3.54. The molecule has 7 heteroatoms. The molecule has 1 aliphatic rings. The summed E-state index contributed by atoms with van der Waals surface area (Å²) in [6.45, 7) is 14.6. The highest BCUT2D eigenvalue weighted by atomic mass is 16.5. The number of carbonyl (C=O) groups is 2. The maximum Gasteiger partial charge on any atom is 0.251 e. The van der Waals surface area contributed by atoms with Gasteiger partial charge >= 0.3 is 0 Å². The Kier molecular flexibility index (Phi) is 9.59. The van der Waals surface area contributed by atoms with Gasteiger partial charge in [-0.2, -0.15) is 0 Å². The van der Waals surface area contributed by atoms with E-state index in [9.17, 15) is 9.59 Å². The molecular formula is C23H37N3O4. The second-order valence-electron chi connectivity index (χ2n) is 8.54. The van der Waals surface area contributed by atoms with Crippen LogP contribution in [0.25, 0.3) is 0 Å². The van der Waals surface area contributed by atoms with Crippen molar-refractivity contribution in [3.05, 3.63) is 29.8 Å². The van der Waals surface area contributed by atoms with Crippen LogP contribution >= 0.6 is 0 Å². The number of morpholine rings is 1. The molecule has 0 aromatic heterocycles. The molecule has 30 heavy (non-hydrogen) atoms. The normalized spacial score (nSPS) is 18.3. The van der Waals surface area contributed by atoms with E-state index < -0.39 is 6.04 Å². The van der Waals surface area contributed by atoms with Gasteiger partial charge in [0.1, 0.15) is 11.8 Å². The molecule has 1 aromatic carbocycles. The van der Waals surface area contributed by atoms with Gasteiger partial charge in [0.15, 0.2) is 0 Å². The summed E-state index contributed by atoms with van der Waals surface area (Å²) in [5.41, 5.74) is 0.497. The third kappa shape index (κ3) is 7.61. The van der Waals surface area contributed by atoms with Gasteiger partial charge in [-0.25, -0.2) is 0 Å². The molecule has 2 atom stereocenters. The molecule has 2 amide bonds. The lowest BCUT2D eigenvalue weighted by Gasteiger charge is -2.34. The minimum Gasteiger partial charge on any atom is -0.494 e. The van der Waals surface area contributed by atoms with E-state index in [2.05, 4.69) is 29.4 Å². The van der Waals surface area contributed by atoms with E-state index in [-0.39, 0.29) is 23.8 Å². The molecule has 1 heterocycles. The van der Waals surface area contributed by atoms with E-state index in [4.69, 9.17) is 9.47 Å². The zero-order valence-corrected chi connectivity index (χ0v) is 18.9. The van der Waals surface area contributed by atoms with Crippen LogP contribution in [0, 0.1) is 11.8 Å². The van der Waals surface area contributed by atoms with Crippen molar-refractivity contribution in [3.63, 3.8) is 0 Å². The SMILES string of the molecule is CCOc1ccc(C(=O)N[C@@H](C(=O)NC[C@H]2CN(CC(C)C)CCO2)C(C)C)cc1. The van der Waals surface area contributed by atoms with Gasteiger partial charge in [0, 0.05) is 31.7 Å². The highest BCUT2D eigenvalue weighted by Crippen LogP contribution is 2.13. The highest BCUT2D eigenvalue weighted by Gasteiger charge is 2.27. The summed E-state index contributed by atoms with van der Waals surface area (Å²) in [6, 6.07) is 6.31. The van der Waals surface area contributed by atoms with Crippen molar-refractivity contribution in [2.24, 2.45) is 11.8 Å². The molecule has 1 fully saturated rings. The van der Waals surface area contributed by atoms with Gasteiger partial charge in [-0.3, -0.25) is 14.5 Å². The summed E-state index contributed by atoms with van der Waals surface area (Å²) in [5, 5.41) is 5.83. The van der Waals surface area contributed by atoms with Gasteiger partial charge < -0.3 is 20.1 Å². The highest BCUT2D eigenvalue weighted by molar-refractivity contribution is 5.97. The molecule has 168 valence electrons. The first-order valence-electron chi connectivity index (χ1n) is 11.0. The quantitative estimate of drug-likeness (QED) is 0.608. The summed E-state index contributed by atoms with van der Waals surface area (Å²) in [4.78, 5) is 27.8. The summed E-state index contributed by atoms with van der Waals surface area (Å²) in [6.07, 6.45) is -0.0314. The molecule has 2 N–H and O–H groups in total. The van der Waals surface area contributed by atoms with Crippen molar-refractivity contribution in [2.75, 3.05) is 39.4 Å². The predicted octanol–water partition coefficient (Wildman–Crippen LogP) is 2.31. The Bertz CT molecular complexity index is 676. The largest absolute Gasteiger partial charge is 0.494 e. The Labute approximate surface area is 180 Å². The fraction of sp³-hybridized carbons (Fsp3) is 0.652. The van der Waals surface area contributed by atoms with Gasteiger partial charge in [-0.15, -0.1) is 0 Å². The van der Waals surface area contributed by atoms with E-state index >= 15 is 0 Å². The summed E-state index contributed by atoms with van der Waals surface area (Å²) >= 11 is 0. The second kappa shape index (κ2) is 11.9. The second-order valence-corrected chi connectivity index (χ2v) is 8.54. The molecular weight excluding hydrogens is 382 g/mol. The molecule has 0 aliphatic carbocycles. The third-order valence-corrected chi connectivity index (χ3v) is 5.01. The lowest BCUT2D eigenvalue weighted by atomic mass is 10.0. The van der Waals surface area contributed by atoms with E-state index in [1.807, 2.05) is 20.8 Å². The van der Waals surface area contributed by atoms with Crippen molar-refractivity contribution < 1.29 is 19.1 Å². The molecule has 7 nitrogen and oxygen atoms in total. The summed E-state index contributed by atoms with van der Waals surface area (Å²) in [5.74, 6) is 0.812. The van der Waals surface area contributed by atoms with Crippen LogP contribution < -0.4 is 15.4 Å². The Hall–Kier alpha value is -2.12. The smallest absolute Gasteiger partial charge is 0.251 e. The van der Waals surface area contributed by atoms with Crippen LogP contribution in [0.5, 0.6) is 5.75 Å². The standard InChI is InChI=1S/C23H37N3O4/c1-6-29-19-9-7-18(8-10-19)22(27)25-21(17(4)5)23(28)24-13-20-15-26(11-12-30-20)14-16(2)3/h7-10,16-17,20-21H,6,11-15H2,1-5H3,(H,24,28)(H,25,27)/t20-,21+/m0/s1. The summed E-state index contributed by atoms with van der Waals surface area (Å²) < 4.78 is 11.2. The van der Waals surface area contributed by atoms with Gasteiger partial charge in [-0.05, 0) is 43.0 Å². The van der Waals surface area contributed by atoms with E-state index in [1.54, 1.807) is 24.3 Å². The van der Waals surface area contributed by atoms with Crippen LogP contribution in [0.4, 0.5) is 0 Å². The van der Waals surface area contributed by atoms with Crippen LogP contribution in [-0.4, -0.2) is 68.3 Å². The molecule has 0 radical (unpaired) electrons. The van der Waals surface area contributed by atoms with Crippen LogP contribution in [0.1, 0.15) is 45.0 Å². The third-order valence-electron chi connectivity index (χ3n) is 5.01. The van der Waals surface area contributed by atoms with E-state index in [1.165, 1.54) is 0 Å². The number of ether oxygens (including phenoxy) is 2. The first-order chi connectivity index (χ1) is 14.3. The monoisotopic (exact) mass is 419 g/mol. The molecule has 0 saturated carbocycles. The van der Waals surface area contributed by atoms with E-state index in [0.717, 1.165) is 19.6 Å². The van der Waals surface area contributed by atoms with Crippen molar-refractivity contribution in [3.8, 4) is 5.75 Å². The van der Waals surface area contributed by atoms with Gasteiger partial charge in [-0.1, -0.05) is 27.7 Å². The average molecular weight is 420 g/mol. The average Bonchev–Trinajstić information content (AvgIpc) is 2.70. The van der Waals surface area contributed by atoms with Crippen LogP contribution in [0.3, 0.4) is 0 Å². The number of hydrogen-bond acceptors (Lipinski definition) is 5. The number of benzene rings is 1. The number of amides is 2. The van der Waals surface area contributed by atoms with Crippen molar-refractivity contribution >= 4 is 11.8 Å². The number of nitrogens with one attached hydrogen (secondary N) is 2. The maximum atomic E-state index is 12.8. The molecule has 1 aromatic rings. The molecule has 0 spiro atoms. The van der Waals surface area contributed by atoms with Crippen molar-refractivity contribution in [1.82, 2.24) is 15.5 Å². The van der Waals surface area contributed by atoms with Crippen LogP contribution in [-0.2, 0) is 9.53 Å². The maximum absolute atomic E-state index is 12.8. The Morgan fingerprint density at radius 2 is 1.90 bits per heavy atom. The van der Waals surface area contributed by atoms with Gasteiger partial charge in [0.2, 0.25) is 5.91 Å². The van der Waals surface area contributed by atoms with Crippen LogP contribution in [0.15, 0.2) is 24.3 Å². The number of rotatable bonds is 10. The number of carbonyl (C=O) groups excluding carboxylic acids is 2. The topological polar surface area (TPSA) is 79.9 Å².